The third kappa shape index (κ3) is 5.50. The highest BCUT2D eigenvalue weighted by Gasteiger charge is 2.13. The molecule has 4 rings (SSSR count). The van der Waals surface area contributed by atoms with Crippen molar-refractivity contribution in [1.82, 2.24) is 10.3 Å². The van der Waals surface area contributed by atoms with Crippen molar-refractivity contribution < 1.29 is 13.6 Å². The average molecular weight is 480 g/mol. The summed E-state index contributed by atoms with van der Waals surface area (Å²) in [5, 5.41) is 6.08. The van der Waals surface area contributed by atoms with Crippen molar-refractivity contribution in [2.45, 2.75) is 26.2 Å². The van der Waals surface area contributed by atoms with E-state index in [1.54, 1.807) is 30.3 Å². The molecule has 0 aliphatic carbocycles. The van der Waals surface area contributed by atoms with Crippen molar-refractivity contribution in [3.05, 3.63) is 77.2 Å². The largest absolute Gasteiger partial charge is 0.465 e. The van der Waals surface area contributed by atoms with Crippen molar-refractivity contribution >= 4 is 57.7 Å². The van der Waals surface area contributed by atoms with Crippen LogP contribution in [0.25, 0.3) is 28.6 Å². The number of thiocarbonyl (C=S) groups is 1. The number of carbonyl (C=O) groups excluding carboxylic acids is 1. The zero-order valence-corrected chi connectivity index (χ0v) is 19.7. The minimum absolute atomic E-state index is 0.110. The summed E-state index contributed by atoms with van der Waals surface area (Å²) in [6.45, 7) is 4.35. The number of carbonyl (C=O) groups is 1. The third-order valence-corrected chi connectivity index (χ3v) is 5.77. The predicted molar refractivity (Wildman–Crippen MR) is 135 cm³/mol. The molecule has 1 atom stereocenters. The lowest BCUT2D eigenvalue weighted by atomic mass is 9.98. The van der Waals surface area contributed by atoms with E-state index in [9.17, 15) is 4.79 Å². The Bertz CT molecular complexity index is 1330. The predicted octanol–water partition coefficient (Wildman–Crippen LogP) is 6.78. The molecule has 0 saturated heterocycles. The minimum Gasteiger partial charge on any atom is -0.465 e. The van der Waals surface area contributed by atoms with E-state index in [1.165, 1.54) is 17.9 Å². The van der Waals surface area contributed by atoms with Gasteiger partial charge in [-0.2, -0.15) is 0 Å². The summed E-state index contributed by atoms with van der Waals surface area (Å²) < 4.78 is 11.1. The first-order valence-corrected chi connectivity index (χ1v) is 11.3. The number of hydrogen-bond acceptors (Lipinski definition) is 5. The van der Waals surface area contributed by atoms with Crippen molar-refractivity contribution in [2.75, 3.05) is 5.32 Å². The van der Waals surface area contributed by atoms with Gasteiger partial charge in [0, 0.05) is 11.6 Å². The first-order chi connectivity index (χ1) is 15.9. The molecule has 8 heteroatoms. The van der Waals surface area contributed by atoms with Crippen LogP contribution in [0.3, 0.4) is 0 Å². The summed E-state index contributed by atoms with van der Waals surface area (Å²) in [5.74, 6) is 1.09. The number of nitrogens with one attached hydrogen (secondary N) is 2. The van der Waals surface area contributed by atoms with Gasteiger partial charge in [-0.25, -0.2) is 4.98 Å². The molecule has 0 bridgehead atoms. The Morgan fingerprint density at radius 1 is 1.24 bits per heavy atom. The quantitative estimate of drug-likeness (QED) is 0.234. The Morgan fingerprint density at radius 2 is 2.09 bits per heavy atom. The van der Waals surface area contributed by atoms with E-state index in [-0.39, 0.29) is 5.11 Å². The zero-order valence-electron chi connectivity index (χ0n) is 18.1. The molecule has 33 heavy (non-hydrogen) atoms. The van der Waals surface area contributed by atoms with Gasteiger partial charge < -0.3 is 14.2 Å². The van der Waals surface area contributed by atoms with Crippen LogP contribution in [0, 0.1) is 0 Å². The first kappa shape index (κ1) is 22.8. The van der Waals surface area contributed by atoms with E-state index in [2.05, 4.69) is 41.6 Å². The molecular formula is C25H22ClN3O3S. The molecule has 0 saturated carbocycles. The maximum absolute atomic E-state index is 12.1. The summed E-state index contributed by atoms with van der Waals surface area (Å²) >= 11 is 11.6. The summed E-state index contributed by atoms with van der Waals surface area (Å²) in [6, 6.07) is 14.9. The van der Waals surface area contributed by atoms with Gasteiger partial charge in [0.25, 0.3) is 0 Å². The van der Waals surface area contributed by atoms with Crippen molar-refractivity contribution in [1.29, 1.82) is 0 Å². The Kier molecular flexibility index (Phi) is 6.91. The number of nitrogens with zero attached hydrogens (tertiary/aromatic N) is 1. The topological polar surface area (TPSA) is 80.3 Å². The van der Waals surface area contributed by atoms with Crippen LogP contribution in [0.15, 0.2) is 69.7 Å². The van der Waals surface area contributed by atoms with Crippen LogP contribution >= 0.6 is 23.8 Å². The lowest BCUT2D eigenvalue weighted by Crippen LogP contribution is -2.32. The fraction of sp³-hybridized carbons (Fsp3) is 0.160. The number of oxazole rings is 1. The van der Waals surface area contributed by atoms with Gasteiger partial charge in [-0.1, -0.05) is 31.5 Å². The molecule has 2 N–H and O–H groups in total. The maximum Gasteiger partial charge on any atom is 0.250 e. The highest BCUT2D eigenvalue weighted by atomic mass is 35.5. The summed E-state index contributed by atoms with van der Waals surface area (Å²) in [7, 11) is 0. The number of fused-ring (bicyclic) bond motifs is 1. The summed E-state index contributed by atoms with van der Waals surface area (Å²) in [6.07, 6.45) is 5.46. The van der Waals surface area contributed by atoms with Gasteiger partial charge in [-0.15, -0.1) is 0 Å². The second kappa shape index (κ2) is 10.0. The number of benzene rings is 2. The van der Waals surface area contributed by atoms with E-state index in [1.807, 2.05) is 12.1 Å². The molecule has 0 aliphatic rings. The highest BCUT2D eigenvalue weighted by Crippen LogP contribution is 2.31. The molecule has 6 nitrogen and oxygen atoms in total. The van der Waals surface area contributed by atoms with Gasteiger partial charge in [0.1, 0.15) is 11.3 Å². The molecule has 0 aliphatic heterocycles. The van der Waals surface area contributed by atoms with Crippen LogP contribution in [0.4, 0.5) is 5.69 Å². The van der Waals surface area contributed by atoms with Gasteiger partial charge in [-0.3, -0.25) is 10.1 Å². The van der Waals surface area contributed by atoms with E-state index in [4.69, 9.17) is 32.7 Å². The van der Waals surface area contributed by atoms with Crippen LogP contribution in [0.2, 0.25) is 5.02 Å². The molecule has 168 valence electrons. The molecule has 2 heterocycles. The number of amides is 1. The summed E-state index contributed by atoms with van der Waals surface area (Å²) in [5.41, 5.74) is 4.00. The van der Waals surface area contributed by atoms with Crippen LogP contribution in [0.5, 0.6) is 0 Å². The second-order valence-electron chi connectivity index (χ2n) is 7.54. The normalized spacial score (nSPS) is 12.2. The Morgan fingerprint density at radius 3 is 2.85 bits per heavy atom. The lowest BCUT2D eigenvalue weighted by molar-refractivity contribution is -0.115. The number of hydrogen-bond donors (Lipinski definition) is 2. The number of anilines is 1. The van der Waals surface area contributed by atoms with Gasteiger partial charge in [0.2, 0.25) is 11.8 Å². The molecule has 0 spiro atoms. The third-order valence-electron chi connectivity index (χ3n) is 5.23. The van der Waals surface area contributed by atoms with Crippen LogP contribution < -0.4 is 10.6 Å². The SMILES string of the molecule is CCC(C)c1ccc2oc(-c3ccc(Cl)c(NC(=S)NC(=O)C=Cc4ccco4)c3)nc2c1. The highest BCUT2D eigenvalue weighted by molar-refractivity contribution is 7.80. The monoisotopic (exact) mass is 479 g/mol. The fourth-order valence-electron chi connectivity index (χ4n) is 3.22. The van der Waals surface area contributed by atoms with E-state index >= 15 is 0 Å². The second-order valence-corrected chi connectivity index (χ2v) is 8.36. The van der Waals surface area contributed by atoms with Crippen molar-refractivity contribution in [2.24, 2.45) is 0 Å². The smallest absolute Gasteiger partial charge is 0.250 e. The average Bonchev–Trinajstić information content (AvgIpc) is 3.47. The fourth-order valence-corrected chi connectivity index (χ4v) is 3.59. The van der Waals surface area contributed by atoms with E-state index in [0.717, 1.165) is 17.5 Å². The van der Waals surface area contributed by atoms with Gasteiger partial charge in [0.05, 0.1) is 17.0 Å². The van der Waals surface area contributed by atoms with Crippen LogP contribution in [-0.4, -0.2) is 16.0 Å². The molecule has 2 aromatic carbocycles. The van der Waals surface area contributed by atoms with Gasteiger partial charge in [-0.05, 0) is 78.7 Å². The molecule has 1 unspecified atom stereocenters. The Balaban J connectivity index is 1.49. The molecule has 2 aromatic heterocycles. The Hall–Kier alpha value is -3.42. The molecule has 1 amide bonds. The molecule has 0 fully saturated rings. The van der Waals surface area contributed by atoms with E-state index in [0.29, 0.717) is 33.9 Å². The molecule has 0 radical (unpaired) electrons. The summed E-state index contributed by atoms with van der Waals surface area (Å²) in [4.78, 5) is 16.7. The molecule has 4 aromatic rings. The zero-order chi connectivity index (χ0) is 23.4. The maximum atomic E-state index is 12.1. The van der Waals surface area contributed by atoms with Crippen LogP contribution in [0.1, 0.15) is 37.5 Å². The number of aromatic nitrogens is 1. The van der Waals surface area contributed by atoms with Gasteiger partial charge in [0.15, 0.2) is 10.7 Å². The Labute approximate surface area is 201 Å². The number of furan rings is 1. The first-order valence-electron chi connectivity index (χ1n) is 10.5. The standard InChI is InChI=1S/C25H22ClN3O3S/c1-3-15(2)16-7-10-22-21(13-16)27-24(32-22)17-6-9-19(26)20(14-17)28-25(33)29-23(30)11-8-18-5-4-12-31-18/h4-15H,3H2,1-2H3,(H2,28,29,30,33). The number of halogens is 1. The van der Waals surface area contributed by atoms with E-state index < -0.39 is 5.91 Å². The van der Waals surface area contributed by atoms with Crippen molar-refractivity contribution in [3.63, 3.8) is 0 Å². The number of rotatable bonds is 6. The minimum atomic E-state index is -0.396. The van der Waals surface area contributed by atoms with Gasteiger partial charge >= 0.3 is 0 Å². The lowest BCUT2D eigenvalue weighted by Gasteiger charge is -2.10. The van der Waals surface area contributed by atoms with Crippen molar-refractivity contribution in [3.8, 4) is 11.5 Å². The van der Waals surface area contributed by atoms with Crippen LogP contribution in [-0.2, 0) is 4.79 Å². The molecular weight excluding hydrogens is 458 g/mol.